The van der Waals surface area contributed by atoms with Gasteiger partial charge in [-0.05, 0) is 41.8 Å². The number of hydrogen-bond donors (Lipinski definition) is 0. The lowest BCUT2D eigenvalue weighted by molar-refractivity contribution is 0.250. The molecule has 0 bridgehead atoms. The zero-order valence-corrected chi connectivity index (χ0v) is 16.5. The van der Waals surface area contributed by atoms with Crippen LogP contribution >= 0.6 is 0 Å². The van der Waals surface area contributed by atoms with Gasteiger partial charge in [0.2, 0.25) is 0 Å². The summed E-state index contributed by atoms with van der Waals surface area (Å²) in [6.07, 6.45) is 0.966. The van der Waals surface area contributed by atoms with Crippen LogP contribution in [0.25, 0.3) is 11.0 Å². The van der Waals surface area contributed by atoms with E-state index in [1.165, 1.54) is 11.3 Å². The highest BCUT2D eigenvalue weighted by Gasteiger charge is 2.19. The van der Waals surface area contributed by atoms with Crippen molar-refractivity contribution < 1.29 is 9.15 Å². The molecule has 4 rings (SSSR count). The van der Waals surface area contributed by atoms with Crippen molar-refractivity contribution in [3.05, 3.63) is 70.1 Å². The summed E-state index contributed by atoms with van der Waals surface area (Å²) in [6, 6.07) is 16.0. The predicted molar refractivity (Wildman–Crippen MR) is 112 cm³/mol. The van der Waals surface area contributed by atoms with Crippen LogP contribution in [0.2, 0.25) is 0 Å². The maximum absolute atomic E-state index is 12.0. The molecule has 0 N–H and O–H groups in total. The highest BCUT2D eigenvalue weighted by Crippen LogP contribution is 2.24. The largest absolute Gasteiger partial charge is 0.497 e. The fraction of sp³-hybridized carbons (Fsp3) is 0.348. The Kier molecular flexibility index (Phi) is 5.35. The second kappa shape index (κ2) is 8.07. The summed E-state index contributed by atoms with van der Waals surface area (Å²) < 4.78 is 10.7. The first-order valence-electron chi connectivity index (χ1n) is 9.83. The van der Waals surface area contributed by atoms with Crippen molar-refractivity contribution in [2.24, 2.45) is 0 Å². The molecular formula is C23H26N2O3. The van der Waals surface area contributed by atoms with Crippen LogP contribution in [-0.4, -0.2) is 38.2 Å². The first-order valence-corrected chi connectivity index (χ1v) is 9.83. The highest BCUT2D eigenvalue weighted by molar-refractivity contribution is 5.81. The standard InChI is InChI=1S/C23H26N2O3/c1-3-17-7-8-22-21(13-17)18(14-23(26)28-22)16-24-9-11-25(12-10-24)19-5-4-6-20(15-19)27-2/h4-8,13-15H,3,9-12,16H2,1-2H3. The average Bonchev–Trinajstić information content (AvgIpc) is 2.74. The molecule has 5 nitrogen and oxygen atoms in total. The first-order chi connectivity index (χ1) is 13.7. The second-order valence-corrected chi connectivity index (χ2v) is 7.24. The third-order valence-electron chi connectivity index (χ3n) is 5.49. The van der Waals surface area contributed by atoms with E-state index in [2.05, 4.69) is 34.9 Å². The minimum Gasteiger partial charge on any atom is -0.497 e. The van der Waals surface area contributed by atoms with Crippen molar-refractivity contribution in [3.8, 4) is 5.75 Å². The molecule has 1 aliphatic heterocycles. The molecule has 0 radical (unpaired) electrons. The van der Waals surface area contributed by atoms with Crippen LogP contribution in [0.4, 0.5) is 5.69 Å². The number of piperazine rings is 1. The van der Waals surface area contributed by atoms with Crippen LogP contribution in [-0.2, 0) is 13.0 Å². The number of fused-ring (bicyclic) bond motifs is 1. The van der Waals surface area contributed by atoms with Gasteiger partial charge >= 0.3 is 5.63 Å². The molecule has 0 saturated carbocycles. The van der Waals surface area contributed by atoms with Crippen LogP contribution < -0.4 is 15.3 Å². The number of hydrogen-bond acceptors (Lipinski definition) is 5. The summed E-state index contributed by atoms with van der Waals surface area (Å²) in [6.45, 7) is 6.71. The van der Waals surface area contributed by atoms with Crippen LogP contribution in [0, 0.1) is 0 Å². The number of benzene rings is 2. The number of anilines is 1. The summed E-state index contributed by atoms with van der Waals surface area (Å²) in [5.74, 6) is 0.883. The molecule has 3 aromatic rings. The molecule has 146 valence electrons. The lowest BCUT2D eigenvalue weighted by atomic mass is 10.0. The topological polar surface area (TPSA) is 45.9 Å². The zero-order valence-electron chi connectivity index (χ0n) is 16.5. The lowest BCUT2D eigenvalue weighted by Gasteiger charge is -2.36. The molecule has 0 amide bonds. The summed E-state index contributed by atoms with van der Waals surface area (Å²) in [7, 11) is 1.70. The SMILES string of the molecule is CCc1ccc2oc(=O)cc(CN3CCN(c4cccc(OC)c4)CC3)c2c1. The van der Waals surface area contributed by atoms with Gasteiger partial charge < -0.3 is 14.1 Å². The van der Waals surface area contributed by atoms with Gasteiger partial charge in [-0.2, -0.15) is 0 Å². The normalized spacial score (nSPS) is 15.1. The van der Waals surface area contributed by atoms with E-state index in [4.69, 9.17) is 9.15 Å². The summed E-state index contributed by atoms with van der Waals surface area (Å²) >= 11 is 0. The summed E-state index contributed by atoms with van der Waals surface area (Å²) in [4.78, 5) is 16.8. The number of nitrogens with zero attached hydrogens (tertiary/aromatic N) is 2. The fourth-order valence-electron chi connectivity index (χ4n) is 3.84. The van der Waals surface area contributed by atoms with E-state index in [0.717, 1.165) is 55.8 Å². The number of rotatable bonds is 5. The minimum absolute atomic E-state index is 0.276. The maximum atomic E-state index is 12.0. The van der Waals surface area contributed by atoms with Gasteiger partial charge in [0, 0.05) is 55.9 Å². The van der Waals surface area contributed by atoms with Crippen LogP contribution in [0.5, 0.6) is 5.75 Å². The van der Waals surface area contributed by atoms with E-state index in [9.17, 15) is 4.79 Å². The molecule has 28 heavy (non-hydrogen) atoms. The average molecular weight is 378 g/mol. The molecule has 1 aromatic heterocycles. The highest BCUT2D eigenvalue weighted by atomic mass is 16.5. The predicted octanol–water partition coefficient (Wildman–Crippen LogP) is 3.69. The van der Waals surface area contributed by atoms with Gasteiger partial charge in [-0.25, -0.2) is 4.79 Å². The van der Waals surface area contributed by atoms with E-state index >= 15 is 0 Å². The monoisotopic (exact) mass is 378 g/mol. The molecule has 0 unspecified atom stereocenters. The van der Waals surface area contributed by atoms with Gasteiger partial charge in [-0.1, -0.05) is 19.1 Å². The van der Waals surface area contributed by atoms with Crippen molar-refractivity contribution >= 4 is 16.7 Å². The van der Waals surface area contributed by atoms with Crippen molar-refractivity contribution in [1.82, 2.24) is 4.90 Å². The Balaban J connectivity index is 1.49. The molecule has 0 spiro atoms. The zero-order chi connectivity index (χ0) is 19.5. The smallest absolute Gasteiger partial charge is 0.336 e. The molecule has 1 fully saturated rings. The van der Waals surface area contributed by atoms with Crippen molar-refractivity contribution in [2.45, 2.75) is 19.9 Å². The Hall–Kier alpha value is -2.79. The molecule has 2 heterocycles. The Morgan fingerprint density at radius 2 is 1.86 bits per heavy atom. The Morgan fingerprint density at radius 1 is 1.04 bits per heavy atom. The molecular weight excluding hydrogens is 352 g/mol. The second-order valence-electron chi connectivity index (χ2n) is 7.24. The third kappa shape index (κ3) is 3.90. The van der Waals surface area contributed by atoms with E-state index in [1.54, 1.807) is 13.2 Å². The Morgan fingerprint density at radius 3 is 2.61 bits per heavy atom. The van der Waals surface area contributed by atoms with E-state index in [0.29, 0.717) is 5.58 Å². The minimum atomic E-state index is -0.276. The molecule has 1 aliphatic rings. The van der Waals surface area contributed by atoms with Crippen molar-refractivity contribution in [1.29, 1.82) is 0 Å². The fourth-order valence-corrected chi connectivity index (χ4v) is 3.84. The van der Waals surface area contributed by atoms with Gasteiger partial charge in [0.25, 0.3) is 0 Å². The van der Waals surface area contributed by atoms with Gasteiger partial charge in [0.15, 0.2) is 0 Å². The number of aryl methyl sites for hydroxylation is 1. The molecule has 0 aliphatic carbocycles. The van der Waals surface area contributed by atoms with Crippen LogP contribution in [0.15, 0.2) is 57.7 Å². The van der Waals surface area contributed by atoms with Gasteiger partial charge in [-0.3, -0.25) is 4.90 Å². The van der Waals surface area contributed by atoms with Crippen molar-refractivity contribution in [3.63, 3.8) is 0 Å². The molecule has 0 atom stereocenters. The first kappa shape index (κ1) is 18.6. The van der Waals surface area contributed by atoms with E-state index < -0.39 is 0 Å². The third-order valence-corrected chi connectivity index (χ3v) is 5.49. The number of ether oxygens (including phenoxy) is 1. The quantitative estimate of drug-likeness (QED) is 0.634. The molecule has 1 saturated heterocycles. The summed E-state index contributed by atoms with van der Waals surface area (Å²) in [5.41, 5.74) is 3.90. The Bertz CT molecular complexity index is 1020. The van der Waals surface area contributed by atoms with Crippen LogP contribution in [0.1, 0.15) is 18.1 Å². The maximum Gasteiger partial charge on any atom is 0.336 e. The van der Waals surface area contributed by atoms with Crippen LogP contribution in [0.3, 0.4) is 0 Å². The van der Waals surface area contributed by atoms with E-state index in [-0.39, 0.29) is 5.63 Å². The molecule has 2 aromatic carbocycles. The molecule has 5 heteroatoms. The Labute approximate surface area is 165 Å². The lowest BCUT2D eigenvalue weighted by Crippen LogP contribution is -2.46. The van der Waals surface area contributed by atoms with Gasteiger partial charge in [0.05, 0.1) is 7.11 Å². The number of methoxy groups -OCH3 is 1. The van der Waals surface area contributed by atoms with Crippen molar-refractivity contribution in [2.75, 3.05) is 38.2 Å². The van der Waals surface area contributed by atoms with Gasteiger partial charge in [-0.15, -0.1) is 0 Å². The van der Waals surface area contributed by atoms with E-state index in [1.807, 2.05) is 24.3 Å². The summed E-state index contributed by atoms with van der Waals surface area (Å²) in [5, 5.41) is 1.05. The van der Waals surface area contributed by atoms with Gasteiger partial charge in [0.1, 0.15) is 11.3 Å².